The summed E-state index contributed by atoms with van der Waals surface area (Å²) in [5.41, 5.74) is 3.37. The minimum absolute atomic E-state index is 0.0372. The van der Waals surface area contributed by atoms with Gasteiger partial charge in [-0.1, -0.05) is 36.4 Å². The number of ether oxygens (including phenoxy) is 1. The zero-order valence-corrected chi connectivity index (χ0v) is 25.4. The van der Waals surface area contributed by atoms with Crippen LogP contribution in [-0.2, 0) is 16.0 Å². The largest absolute Gasteiger partial charge is 0.497 e. The molecular weight excluding hydrogens is 586 g/mol. The van der Waals surface area contributed by atoms with Gasteiger partial charge in [-0.05, 0) is 59.7 Å². The first-order valence-electron chi connectivity index (χ1n) is 14.9. The molecule has 1 aromatic heterocycles. The van der Waals surface area contributed by atoms with Crippen molar-refractivity contribution in [3.05, 3.63) is 120 Å². The molecule has 1 saturated heterocycles. The summed E-state index contributed by atoms with van der Waals surface area (Å²) in [4.78, 5) is 59.2. The van der Waals surface area contributed by atoms with Gasteiger partial charge in [0.2, 0.25) is 5.91 Å². The molecule has 1 unspecified atom stereocenters. The molecule has 3 aromatic carbocycles. The van der Waals surface area contributed by atoms with Crippen molar-refractivity contribution in [1.82, 2.24) is 15.2 Å². The third-order valence-corrected chi connectivity index (χ3v) is 7.76. The topological polar surface area (TPSA) is 141 Å². The standard InChI is InChI=1S/C35H35N5O6/c1-46-28-12-9-24(10-13-28)20-32(41)37-30-21-26(34(44)38-29(22-33(42)43)27-8-5-15-36-23-27)11-14-31(30)39-16-18-40(19-17-39)35(45)25-6-3-2-4-7-25/h2-15,21,23,29H,16-20,22H2,1H3,(H,37,41)(H,38,44)(H,42,43). The molecule has 0 radical (unpaired) electrons. The quantitative estimate of drug-likeness (QED) is 0.227. The van der Waals surface area contributed by atoms with Crippen molar-refractivity contribution >= 4 is 35.1 Å². The Kier molecular flexibility index (Phi) is 10.2. The molecule has 1 aliphatic rings. The van der Waals surface area contributed by atoms with Gasteiger partial charge in [0.1, 0.15) is 5.75 Å². The Morgan fingerprint density at radius 1 is 0.891 bits per heavy atom. The van der Waals surface area contributed by atoms with Crippen LogP contribution in [0, 0.1) is 0 Å². The Balaban J connectivity index is 1.36. The van der Waals surface area contributed by atoms with Crippen LogP contribution in [0.25, 0.3) is 0 Å². The second kappa shape index (κ2) is 14.8. The molecule has 1 fully saturated rings. The van der Waals surface area contributed by atoms with Crippen LogP contribution in [-0.4, -0.2) is 72.0 Å². The molecule has 2 heterocycles. The smallest absolute Gasteiger partial charge is 0.305 e. The number of benzene rings is 3. The van der Waals surface area contributed by atoms with E-state index in [9.17, 15) is 24.3 Å². The highest BCUT2D eigenvalue weighted by Gasteiger charge is 2.25. The zero-order valence-electron chi connectivity index (χ0n) is 25.4. The van der Waals surface area contributed by atoms with E-state index in [0.717, 1.165) is 5.56 Å². The van der Waals surface area contributed by atoms with Crippen LogP contribution >= 0.6 is 0 Å². The van der Waals surface area contributed by atoms with Gasteiger partial charge >= 0.3 is 5.97 Å². The first-order chi connectivity index (χ1) is 22.3. The molecule has 0 spiro atoms. The highest BCUT2D eigenvalue weighted by molar-refractivity contribution is 6.01. The van der Waals surface area contributed by atoms with E-state index in [-0.39, 0.29) is 30.2 Å². The number of rotatable bonds is 11. The number of methoxy groups -OCH3 is 1. The fourth-order valence-electron chi connectivity index (χ4n) is 5.34. The van der Waals surface area contributed by atoms with E-state index in [4.69, 9.17) is 4.74 Å². The lowest BCUT2D eigenvalue weighted by Gasteiger charge is -2.37. The van der Waals surface area contributed by atoms with E-state index in [1.165, 1.54) is 6.20 Å². The molecule has 46 heavy (non-hydrogen) atoms. The van der Waals surface area contributed by atoms with Gasteiger partial charge < -0.3 is 30.3 Å². The van der Waals surface area contributed by atoms with Crippen LogP contribution in [0.4, 0.5) is 11.4 Å². The number of pyridine rings is 1. The third-order valence-electron chi connectivity index (χ3n) is 7.76. The maximum atomic E-state index is 13.4. The lowest BCUT2D eigenvalue weighted by Crippen LogP contribution is -2.49. The molecule has 11 nitrogen and oxygen atoms in total. The Morgan fingerprint density at radius 2 is 1.63 bits per heavy atom. The van der Waals surface area contributed by atoms with Crippen molar-refractivity contribution in [2.45, 2.75) is 18.9 Å². The molecule has 1 aliphatic heterocycles. The number of hydrogen-bond donors (Lipinski definition) is 3. The Labute approximate surface area is 266 Å². The summed E-state index contributed by atoms with van der Waals surface area (Å²) in [6.07, 6.45) is 2.86. The van der Waals surface area contributed by atoms with Crippen molar-refractivity contribution in [3.8, 4) is 5.75 Å². The van der Waals surface area contributed by atoms with Crippen molar-refractivity contribution < 1.29 is 29.0 Å². The predicted molar refractivity (Wildman–Crippen MR) is 173 cm³/mol. The SMILES string of the molecule is COc1ccc(CC(=O)Nc2cc(C(=O)NC(CC(=O)O)c3cccnc3)ccc2N2CCN(C(=O)c3ccccc3)CC2)cc1. The van der Waals surface area contributed by atoms with Crippen molar-refractivity contribution in [3.63, 3.8) is 0 Å². The normalized spacial score (nSPS) is 13.4. The molecule has 0 aliphatic carbocycles. The van der Waals surface area contributed by atoms with Gasteiger partial charge in [0.15, 0.2) is 0 Å². The predicted octanol–water partition coefficient (Wildman–Crippen LogP) is 4.18. The summed E-state index contributed by atoms with van der Waals surface area (Å²) in [7, 11) is 1.57. The van der Waals surface area contributed by atoms with Crippen LogP contribution in [0.3, 0.4) is 0 Å². The van der Waals surface area contributed by atoms with Gasteiger partial charge in [-0.3, -0.25) is 24.2 Å². The average molecular weight is 622 g/mol. The maximum Gasteiger partial charge on any atom is 0.305 e. The average Bonchev–Trinajstić information content (AvgIpc) is 3.08. The van der Waals surface area contributed by atoms with Crippen LogP contribution in [0.2, 0.25) is 0 Å². The minimum Gasteiger partial charge on any atom is -0.497 e. The van der Waals surface area contributed by atoms with Crippen LogP contribution in [0.15, 0.2) is 97.3 Å². The van der Waals surface area contributed by atoms with Gasteiger partial charge in [0.05, 0.1) is 37.4 Å². The van der Waals surface area contributed by atoms with Crippen LogP contribution in [0.5, 0.6) is 5.75 Å². The Morgan fingerprint density at radius 3 is 2.28 bits per heavy atom. The molecule has 0 saturated carbocycles. The number of piperazine rings is 1. The van der Waals surface area contributed by atoms with Gasteiger partial charge in [0.25, 0.3) is 11.8 Å². The maximum absolute atomic E-state index is 13.4. The van der Waals surface area contributed by atoms with Gasteiger partial charge in [0, 0.05) is 49.7 Å². The number of nitrogens with one attached hydrogen (secondary N) is 2. The van der Waals surface area contributed by atoms with E-state index in [1.807, 2.05) is 30.3 Å². The molecule has 11 heteroatoms. The van der Waals surface area contributed by atoms with Crippen molar-refractivity contribution in [2.75, 3.05) is 43.5 Å². The fourth-order valence-corrected chi connectivity index (χ4v) is 5.34. The summed E-state index contributed by atoms with van der Waals surface area (Å²) < 4.78 is 5.21. The van der Waals surface area contributed by atoms with Gasteiger partial charge in [-0.25, -0.2) is 0 Å². The van der Waals surface area contributed by atoms with E-state index in [1.54, 1.807) is 72.8 Å². The molecule has 1 atom stereocenters. The van der Waals surface area contributed by atoms with Crippen molar-refractivity contribution in [1.29, 1.82) is 0 Å². The molecule has 0 bridgehead atoms. The third kappa shape index (κ3) is 8.06. The summed E-state index contributed by atoms with van der Waals surface area (Å²) in [6.45, 7) is 2.01. The van der Waals surface area contributed by atoms with E-state index >= 15 is 0 Å². The number of carboxylic acids is 1. The number of carbonyl (C=O) groups excluding carboxylic acids is 3. The highest BCUT2D eigenvalue weighted by atomic mass is 16.5. The molecule has 5 rings (SSSR count). The number of nitrogens with zero attached hydrogens (tertiary/aromatic N) is 3. The number of carboxylic acid groups (broad SMARTS) is 1. The number of aliphatic carboxylic acids is 1. The number of carbonyl (C=O) groups is 4. The summed E-state index contributed by atoms with van der Waals surface area (Å²) in [5.74, 6) is -1.19. The fraction of sp³-hybridized carbons (Fsp3) is 0.229. The monoisotopic (exact) mass is 621 g/mol. The number of anilines is 2. The molecule has 236 valence electrons. The Hall–Kier alpha value is -5.71. The molecule has 3 N–H and O–H groups in total. The number of hydrogen-bond acceptors (Lipinski definition) is 7. The zero-order chi connectivity index (χ0) is 32.5. The first kappa shape index (κ1) is 31.7. The van der Waals surface area contributed by atoms with Crippen LogP contribution < -0.4 is 20.3 Å². The van der Waals surface area contributed by atoms with Crippen LogP contribution in [0.1, 0.15) is 44.3 Å². The second-order valence-corrected chi connectivity index (χ2v) is 10.9. The number of aromatic nitrogens is 1. The van der Waals surface area contributed by atoms with E-state index < -0.39 is 17.9 Å². The highest BCUT2D eigenvalue weighted by Crippen LogP contribution is 2.30. The Bertz CT molecular complexity index is 1670. The molecule has 3 amide bonds. The van der Waals surface area contributed by atoms with Crippen molar-refractivity contribution in [2.24, 2.45) is 0 Å². The second-order valence-electron chi connectivity index (χ2n) is 10.9. The van der Waals surface area contributed by atoms with E-state index in [2.05, 4.69) is 20.5 Å². The molecule has 4 aromatic rings. The summed E-state index contributed by atoms with van der Waals surface area (Å²) >= 11 is 0. The molecular formula is C35H35N5O6. The van der Waals surface area contributed by atoms with Gasteiger partial charge in [-0.2, -0.15) is 0 Å². The summed E-state index contributed by atoms with van der Waals surface area (Å²) in [6, 6.07) is 23.9. The lowest BCUT2D eigenvalue weighted by molar-refractivity contribution is -0.137. The lowest BCUT2D eigenvalue weighted by atomic mass is 10.0. The first-order valence-corrected chi connectivity index (χ1v) is 14.9. The van der Waals surface area contributed by atoms with Gasteiger partial charge in [-0.15, -0.1) is 0 Å². The van der Waals surface area contributed by atoms with E-state index in [0.29, 0.717) is 54.4 Å². The minimum atomic E-state index is -1.07. The summed E-state index contributed by atoms with van der Waals surface area (Å²) in [5, 5.41) is 15.2. The number of amides is 3.